The van der Waals surface area contributed by atoms with E-state index in [9.17, 15) is 9.90 Å². The second-order valence-corrected chi connectivity index (χ2v) is 7.96. The van der Waals surface area contributed by atoms with Gasteiger partial charge in [-0.3, -0.25) is 4.79 Å². The van der Waals surface area contributed by atoms with E-state index < -0.39 is 0 Å². The van der Waals surface area contributed by atoms with Crippen LogP contribution in [0.1, 0.15) is 12.0 Å². The lowest BCUT2D eigenvalue weighted by atomic mass is 10.1. The van der Waals surface area contributed by atoms with Crippen molar-refractivity contribution in [2.24, 2.45) is 0 Å². The molecular weight excluding hydrogens is 404 g/mol. The zero-order valence-corrected chi connectivity index (χ0v) is 17.5. The van der Waals surface area contributed by atoms with Crippen LogP contribution in [-0.2, 0) is 11.2 Å². The Kier molecular flexibility index (Phi) is 5.96. The van der Waals surface area contributed by atoms with Gasteiger partial charge in [0.15, 0.2) is 10.6 Å². The van der Waals surface area contributed by atoms with Crippen molar-refractivity contribution in [1.29, 1.82) is 0 Å². The maximum absolute atomic E-state index is 12.8. The van der Waals surface area contributed by atoms with Crippen molar-refractivity contribution in [3.8, 4) is 5.75 Å². The Hall–Kier alpha value is -2.98. The number of amides is 1. The van der Waals surface area contributed by atoms with Crippen LogP contribution >= 0.6 is 11.3 Å². The van der Waals surface area contributed by atoms with Gasteiger partial charge in [-0.15, -0.1) is 11.3 Å². The Morgan fingerprint density at radius 2 is 2.10 bits per heavy atom. The van der Waals surface area contributed by atoms with E-state index in [1.807, 2.05) is 29.2 Å². The van der Waals surface area contributed by atoms with E-state index in [0.717, 1.165) is 16.1 Å². The number of fused-ring (bicyclic) bond motifs is 1. The standard InChI is InChI=1S/C20H24N6O3S/c1-29-15-5-2-13(3-6-15)4-7-16(28)26-9-8-25(10-14(26)11-27)18-17-19(30-12-22-17)24-20(21)23-18/h2-3,5-6,12,14,27H,4,7-11H2,1H3,(H2,21,23,24). The highest BCUT2D eigenvalue weighted by Crippen LogP contribution is 2.28. The molecule has 1 aliphatic heterocycles. The zero-order valence-electron chi connectivity index (χ0n) is 16.7. The van der Waals surface area contributed by atoms with Crippen LogP contribution in [0.3, 0.4) is 0 Å². The highest BCUT2D eigenvalue weighted by atomic mass is 32.1. The van der Waals surface area contributed by atoms with Crippen LogP contribution < -0.4 is 15.4 Å². The van der Waals surface area contributed by atoms with Crippen molar-refractivity contribution >= 4 is 39.4 Å². The van der Waals surface area contributed by atoms with E-state index in [1.54, 1.807) is 17.5 Å². The first-order valence-electron chi connectivity index (χ1n) is 9.74. The number of methoxy groups -OCH3 is 1. The molecule has 0 bridgehead atoms. The second-order valence-electron chi connectivity index (χ2n) is 7.13. The van der Waals surface area contributed by atoms with Gasteiger partial charge in [0.05, 0.1) is 25.3 Å². The highest BCUT2D eigenvalue weighted by molar-refractivity contribution is 7.16. The van der Waals surface area contributed by atoms with Gasteiger partial charge >= 0.3 is 0 Å². The van der Waals surface area contributed by atoms with Gasteiger partial charge in [-0.05, 0) is 24.1 Å². The van der Waals surface area contributed by atoms with Crippen LogP contribution in [0.25, 0.3) is 10.3 Å². The molecule has 0 aliphatic carbocycles. The van der Waals surface area contributed by atoms with Crippen molar-refractivity contribution in [3.05, 3.63) is 35.3 Å². The maximum atomic E-state index is 12.8. The normalized spacial score (nSPS) is 16.8. The zero-order chi connectivity index (χ0) is 21.1. The van der Waals surface area contributed by atoms with Crippen molar-refractivity contribution < 1.29 is 14.6 Å². The van der Waals surface area contributed by atoms with Crippen LogP contribution in [0.2, 0.25) is 0 Å². The fourth-order valence-electron chi connectivity index (χ4n) is 3.70. The molecule has 1 aliphatic rings. The molecule has 1 atom stereocenters. The van der Waals surface area contributed by atoms with E-state index in [-0.39, 0.29) is 24.5 Å². The predicted molar refractivity (Wildman–Crippen MR) is 116 cm³/mol. The molecule has 1 aromatic carbocycles. The fourth-order valence-corrected chi connectivity index (χ4v) is 4.36. The minimum atomic E-state index is -0.313. The minimum Gasteiger partial charge on any atom is -0.497 e. The molecule has 0 spiro atoms. The third-order valence-corrected chi connectivity index (χ3v) is 6.02. The summed E-state index contributed by atoms with van der Waals surface area (Å²) >= 11 is 1.41. The van der Waals surface area contributed by atoms with Crippen molar-refractivity contribution in [1.82, 2.24) is 19.9 Å². The molecular formula is C20H24N6O3S. The number of thiazole rings is 1. The molecule has 3 heterocycles. The Bertz CT molecular complexity index is 1030. The number of aryl methyl sites for hydroxylation is 1. The number of benzene rings is 1. The van der Waals surface area contributed by atoms with E-state index in [0.29, 0.717) is 43.8 Å². The fraction of sp³-hybridized carbons (Fsp3) is 0.400. The molecule has 1 amide bonds. The van der Waals surface area contributed by atoms with Crippen molar-refractivity contribution in [2.45, 2.75) is 18.9 Å². The first-order chi connectivity index (χ1) is 14.6. The number of anilines is 2. The first-order valence-corrected chi connectivity index (χ1v) is 10.6. The molecule has 1 unspecified atom stereocenters. The number of hydrogen-bond acceptors (Lipinski definition) is 9. The highest BCUT2D eigenvalue weighted by Gasteiger charge is 2.31. The Labute approximate surface area is 178 Å². The summed E-state index contributed by atoms with van der Waals surface area (Å²) < 4.78 is 5.17. The minimum absolute atomic E-state index is 0.0329. The summed E-state index contributed by atoms with van der Waals surface area (Å²) in [5.41, 5.74) is 9.34. The smallest absolute Gasteiger partial charge is 0.223 e. The molecule has 1 fully saturated rings. The average Bonchev–Trinajstić information content (AvgIpc) is 3.25. The van der Waals surface area contributed by atoms with Gasteiger partial charge in [-0.2, -0.15) is 4.98 Å². The number of aliphatic hydroxyl groups is 1. The lowest BCUT2D eigenvalue weighted by Crippen LogP contribution is -2.57. The number of piperazine rings is 1. The number of nitrogens with zero attached hydrogens (tertiary/aromatic N) is 5. The van der Waals surface area contributed by atoms with Crippen LogP contribution in [0.5, 0.6) is 5.75 Å². The Morgan fingerprint density at radius 3 is 2.83 bits per heavy atom. The topological polar surface area (TPSA) is 118 Å². The maximum Gasteiger partial charge on any atom is 0.223 e. The van der Waals surface area contributed by atoms with Gasteiger partial charge in [0, 0.05) is 26.1 Å². The van der Waals surface area contributed by atoms with Crippen LogP contribution in [0.4, 0.5) is 11.8 Å². The summed E-state index contributed by atoms with van der Waals surface area (Å²) in [6.45, 7) is 1.44. The third kappa shape index (κ3) is 4.14. The average molecular weight is 429 g/mol. The first kappa shape index (κ1) is 20.3. The lowest BCUT2D eigenvalue weighted by Gasteiger charge is -2.41. The largest absolute Gasteiger partial charge is 0.497 e. The Morgan fingerprint density at radius 1 is 1.30 bits per heavy atom. The molecule has 1 saturated heterocycles. The van der Waals surface area contributed by atoms with Crippen molar-refractivity contribution in [3.63, 3.8) is 0 Å². The molecule has 2 aromatic heterocycles. The summed E-state index contributed by atoms with van der Waals surface area (Å²) in [6.07, 6.45) is 1.03. The molecule has 0 saturated carbocycles. The van der Waals surface area contributed by atoms with E-state index >= 15 is 0 Å². The number of carbonyl (C=O) groups excluding carboxylic acids is 1. The summed E-state index contributed by atoms with van der Waals surface area (Å²) in [5, 5.41) is 9.94. The van der Waals surface area contributed by atoms with Gasteiger partial charge in [0.2, 0.25) is 11.9 Å². The number of nitrogen functional groups attached to an aromatic ring is 1. The molecule has 10 heteroatoms. The van der Waals surface area contributed by atoms with Gasteiger partial charge < -0.3 is 25.4 Å². The molecule has 3 aromatic rings. The monoisotopic (exact) mass is 428 g/mol. The molecule has 0 radical (unpaired) electrons. The number of hydrogen-bond donors (Lipinski definition) is 2. The van der Waals surface area contributed by atoms with Gasteiger partial charge in [0.25, 0.3) is 0 Å². The summed E-state index contributed by atoms with van der Waals surface area (Å²) in [6, 6.07) is 7.40. The number of nitrogens with two attached hydrogens (primary N) is 1. The number of carbonyl (C=O) groups is 1. The Balaban J connectivity index is 1.42. The molecule has 9 nitrogen and oxygen atoms in total. The molecule has 30 heavy (non-hydrogen) atoms. The van der Waals surface area contributed by atoms with Crippen LogP contribution in [0.15, 0.2) is 29.8 Å². The number of rotatable bonds is 6. The third-order valence-electron chi connectivity index (χ3n) is 5.30. The predicted octanol–water partition coefficient (Wildman–Crippen LogP) is 1.32. The van der Waals surface area contributed by atoms with E-state index in [1.165, 1.54) is 11.3 Å². The lowest BCUT2D eigenvalue weighted by molar-refractivity contribution is -0.134. The van der Waals surface area contributed by atoms with Gasteiger partial charge in [-0.1, -0.05) is 12.1 Å². The number of aromatic nitrogens is 3. The van der Waals surface area contributed by atoms with E-state index in [2.05, 4.69) is 15.0 Å². The van der Waals surface area contributed by atoms with Crippen LogP contribution in [-0.4, -0.2) is 70.3 Å². The summed E-state index contributed by atoms with van der Waals surface area (Å²) in [4.78, 5) is 30.3. The molecule has 3 N–H and O–H groups in total. The summed E-state index contributed by atoms with van der Waals surface area (Å²) in [7, 11) is 1.63. The number of aliphatic hydroxyl groups excluding tert-OH is 1. The quantitative estimate of drug-likeness (QED) is 0.604. The molecule has 158 valence electrons. The SMILES string of the molecule is COc1ccc(CCC(=O)N2CCN(c3nc(N)nc4scnc34)CC2CO)cc1. The second kappa shape index (κ2) is 8.80. The summed E-state index contributed by atoms with van der Waals surface area (Å²) in [5.74, 6) is 1.68. The number of ether oxygens (including phenoxy) is 1. The van der Waals surface area contributed by atoms with Crippen molar-refractivity contribution in [2.75, 3.05) is 44.0 Å². The van der Waals surface area contributed by atoms with Gasteiger partial charge in [0.1, 0.15) is 11.3 Å². The van der Waals surface area contributed by atoms with Crippen LogP contribution in [0, 0.1) is 0 Å². The molecule has 4 rings (SSSR count). The van der Waals surface area contributed by atoms with Gasteiger partial charge in [-0.25, -0.2) is 9.97 Å². The van der Waals surface area contributed by atoms with E-state index in [4.69, 9.17) is 10.5 Å².